The van der Waals surface area contributed by atoms with Gasteiger partial charge in [0.25, 0.3) is 0 Å². The van der Waals surface area contributed by atoms with Gasteiger partial charge in [-0.3, -0.25) is 14.7 Å². The molecule has 0 aliphatic carbocycles. The lowest BCUT2D eigenvalue weighted by Gasteiger charge is -2.38. The smallest absolute Gasteiger partial charge is 0.223 e. The zero-order valence-corrected chi connectivity index (χ0v) is 19.8. The van der Waals surface area contributed by atoms with Crippen LogP contribution in [0.2, 0.25) is 5.15 Å². The van der Waals surface area contributed by atoms with Crippen LogP contribution in [0.3, 0.4) is 0 Å². The van der Waals surface area contributed by atoms with Crippen molar-refractivity contribution >= 4 is 29.2 Å². The molecule has 172 valence electrons. The third-order valence-electron chi connectivity index (χ3n) is 6.39. The summed E-state index contributed by atoms with van der Waals surface area (Å²) in [5.41, 5.74) is 9.04. The number of fused-ring (bicyclic) bond motifs is 1. The first kappa shape index (κ1) is 22.7. The van der Waals surface area contributed by atoms with Gasteiger partial charge in [0.05, 0.1) is 30.8 Å². The second-order valence-electron chi connectivity index (χ2n) is 8.66. The van der Waals surface area contributed by atoms with Crippen molar-refractivity contribution in [1.29, 1.82) is 0 Å². The third kappa shape index (κ3) is 4.37. The predicted octanol–water partition coefficient (Wildman–Crippen LogP) is 1.80. The molecule has 0 bridgehead atoms. The Bertz CT molecular complexity index is 1020. The second-order valence-corrected chi connectivity index (χ2v) is 9.02. The average molecular weight is 460 g/mol. The zero-order valence-electron chi connectivity index (χ0n) is 19.1. The lowest BCUT2D eigenvalue weighted by molar-refractivity contribution is 0.0831. The van der Waals surface area contributed by atoms with Crippen LogP contribution in [-0.2, 0) is 6.54 Å². The van der Waals surface area contributed by atoms with Gasteiger partial charge < -0.3 is 20.3 Å². The van der Waals surface area contributed by atoms with Gasteiger partial charge in [-0.15, -0.1) is 0 Å². The highest BCUT2D eigenvalue weighted by Crippen LogP contribution is 2.35. The summed E-state index contributed by atoms with van der Waals surface area (Å²) in [4.78, 5) is 33.2. The fraction of sp³-hybridized carbons (Fsp3) is 0.545. The molecule has 1 saturated heterocycles. The summed E-state index contributed by atoms with van der Waals surface area (Å²) < 4.78 is 5.57. The summed E-state index contributed by atoms with van der Waals surface area (Å²) in [6, 6.07) is 0. The summed E-state index contributed by atoms with van der Waals surface area (Å²) in [6.07, 6.45) is 1.81. The molecule has 0 spiro atoms. The van der Waals surface area contributed by atoms with Gasteiger partial charge in [0.15, 0.2) is 5.78 Å². The Morgan fingerprint density at radius 1 is 1.22 bits per heavy atom. The number of ether oxygens (including phenoxy) is 1. The van der Waals surface area contributed by atoms with Crippen LogP contribution in [0, 0.1) is 19.8 Å². The van der Waals surface area contributed by atoms with Gasteiger partial charge in [-0.05, 0) is 20.9 Å². The Balaban J connectivity index is 1.67. The topological polar surface area (TPSA) is 101 Å². The van der Waals surface area contributed by atoms with Gasteiger partial charge in [-0.2, -0.15) is 4.98 Å². The van der Waals surface area contributed by atoms with Crippen molar-refractivity contribution in [3.8, 4) is 5.75 Å². The minimum Gasteiger partial charge on any atom is -0.496 e. The van der Waals surface area contributed by atoms with E-state index in [-0.39, 0.29) is 22.8 Å². The van der Waals surface area contributed by atoms with Crippen LogP contribution in [0.1, 0.15) is 27.2 Å². The van der Waals surface area contributed by atoms with Gasteiger partial charge >= 0.3 is 0 Å². The van der Waals surface area contributed by atoms with E-state index >= 15 is 0 Å². The van der Waals surface area contributed by atoms with E-state index in [0.717, 1.165) is 48.7 Å². The lowest BCUT2D eigenvalue weighted by Crippen LogP contribution is -2.50. The van der Waals surface area contributed by atoms with E-state index in [1.807, 2.05) is 18.7 Å². The van der Waals surface area contributed by atoms with Gasteiger partial charge in [-0.25, -0.2) is 4.98 Å². The number of aromatic nitrogens is 3. The fourth-order valence-corrected chi connectivity index (χ4v) is 4.82. The molecule has 1 atom stereocenters. The molecule has 2 aromatic heterocycles. The molecular weight excluding hydrogens is 430 g/mol. The summed E-state index contributed by atoms with van der Waals surface area (Å²) in [5.74, 6) is 1.09. The van der Waals surface area contributed by atoms with Crippen molar-refractivity contribution in [3.05, 3.63) is 33.7 Å². The first-order chi connectivity index (χ1) is 15.3. The molecule has 1 fully saturated rings. The number of hydrogen-bond donors (Lipinski definition) is 1. The maximum Gasteiger partial charge on any atom is 0.223 e. The number of halogens is 1. The minimum atomic E-state index is -0.233. The number of carbonyl (C=O) groups excluding carboxylic acids is 1. The number of likely N-dealkylation sites (N-methyl/N-ethyl adjacent to an activating group) is 1. The lowest BCUT2D eigenvalue weighted by atomic mass is 9.92. The van der Waals surface area contributed by atoms with Gasteiger partial charge in [0.2, 0.25) is 5.95 Å². The number of ketones is 1. The number of carbonyl (C=O) groups is 1. The Hall–Kier alpha value is -2.49. The quantitative estimate of drug-likeness (QED) is 0.670. The number of nitrogens with two attached hydrogens (primary N) is 1. The highest BCUT2D eigenvalue weighted by atomic mass is 35.5. The molecule has 0 aromatic carbocycles. The molecule has 2 N–H and O–H groups in total. The average Bonchev–Trinajstić information content (AvgIpc) is 2.74. The normalized spacial score (nSPS) is 19.8. The van der Waals surface area contributed by atoms with Gasteiger partial charge in [0.1, 0.15) is 16.7 Å². The monoisotopic (exact) mass is 459 g/mol. The highest BCUT2D eigenvalue weighted by molar-refractivity contribution is 6.34. The van der Waals surface area contributed by atoms with E-state index in [1.54, 1.807) is 13.3 Å². The van der Waals surface area contributed by atoms with Crippen LogP contribution in [0.5, 0.6) is 5.75 Å². The molecule has 2 aromatic rings. The van der Waals surface area contributed by atoms with Crippen LogP contribution in [0.25, 0.3) is 0 Å². The number of anilines is 2. The van der Waals surface area contributed by atoms with E-state index in [0.29, 0.717) is 31.0 Å². The summed E-state index contributed by atoms with van der Waals surface area (Å²) in [5, 5.41) is 0.108. The predicted molar refractivity (Wildman–Crippen MR) is 125 cm³/mol. The van der Waals surface area contributed by atoms with Crippen molar-refractivity contribution in [1.82, 2.24) is 24.8 Å². The van der Waals surface area contributed by atoms with E-state index in [9.17, 15) is 4.79 Å². The second kappa shape index (κ2) is 9.17. The van der Waals surface area contributed by atoms with Crippen LogP contribution >= 0.6 is 11.6 Å². The first-order valence-corrected chi connectivity index (χ1v) is 11.2. The molecule has 4 heterocycles. The largest absolute Gasteiger partial charge is 0.496 e. The highest BCUT2D eigenvalue weighted by Gasteiger charge is 2.37. The molecule has 4 rings (SSSR count). The standard InChI is InChI=1S/C22H30ClN7O2/c1-13-9-25-16(14(2)19(13)32-4)12-30-11-15(10-29-7-5-28(3)6-8-29)18(31)17-20(23)26-22(24)27-21(17)30/h9,15H,5-8,10-12H2,1-4H3,(H2,24,26,27). The molecule has 0 saturated carbocycles. The summed E-state index contributed by atoms with van der Waals surface area (Å²) in [7, 11) is 3.78. The fourth-order valence-electron chi connectivity index (χ4n) is 4.55. The van der Waals surface area contributed by atoms with E-state index in [1.165, 1.54) is 0 Å². The Morgan fingerprint density at radius 3 is 2.62 bits per heavy atom. The van der Waals surface area contributed by atoms with E-state index in [4.69, 9.17) is 22.1 Å². The first-order valence-electron chi connectivity index (χ1n) is 10.8. The van der Waals surface area contributed by atoms with E-state index < -0.39 is 0 Å². The van der Waals surface area contributed by atoms with Crippen LogP contribution in [-0.4, -0.2) is 84.0 Å². The zero-order chi connectivity index (χ0) is 23.0. The third-order valence-corrected chi connectivity index (χ3v) is 6.66. The molecule has 10 heteroatoms. The van der Waals surface area contributed by atoms with Crippen molar-refractivity contribution < 1.29 is 9.53 Å². The van der Waals surface area contributed by atoms with Gasteiger partial charge in [0, 0.05) is 56.6 Å². The van der Waals surface area contributed by atoms with E-state index in [2.05, 4.69) is 31.8 Å². The Labute approximate surface area is 193 Å². The number of nitrogens with zero attached hydrogens (tertiary/aromatic N) is 6. The molecule has 2 aliphatic heterocycles. The Kier molecular flexibility index (Phi) is 6.50. The van der Waals surface area contributed by atoms with Crippen LogP contribution in [0.4, 0.5) is 11.8 Å². The number of hydrogen-bond acceptors (Lipinski definition) is 9. The van der Waals surface area contributed by atoms with Crippen molar-refractivity contribution in [3.63, 3.8) is 0 Å². The van der Waals surface area contributed by atoms with Crippen molar-refractivity contribution in [2.75, 3.05) is 64.1 Å². The number of methoxy groups -OCH3 is 1. The van der Waals surface area contributed by atoms with Gasteiger partial charge in [-0.1, -0.05) is 11.6 Å². The van der Waals surface area contributed by atoms with Crippen LogP contribution in [0.15, 0.2) is 6.20 Å². The van der Waals surface area contributed by atoms with Crippen molar-refractivity contribution in [2.45, 2.75) is 20.4 Å². The number of piperazine rings is 1. The SMILES string of the molecule is COc1c(C)cnc(CN2CC(CN3CCN(C)CC3)C(=O)c3c(Cl)nc(N)nc32)c1C. The molecule has 2 aliphatic rings. The molecular formula is C22H30ClN7O2. The number of rotatable bonds is 5. The Morgan fingerprint density at radius 2 is 1.94 bits per heavy atom. The molecule has 9 nitrogen and oxygen atoms in total. The number of Topliss-reactive ketones (excluding diaryl/α,β-unsaturated/α-hetero) is 1. The summed E-state index contributed by atoms with van der Waals surface area (Å²) >= 11 is 6.40. The van der Waals surface area contributed by atoms with Crippen LogP contribution < -0.4 is 15.4 Å². The maximum absolute atomic E-state index is 13.4. The molecule has 0 amide bonds. The number of aryl methyl sites for hydroxylation is 1. The molecule has 32 heavy (non-hydrogen) atoms. The van der Waals surface area contributed by atoms with Crippen molar-refractivity contribution in [2.24, 2.45) is 5.92 Å². The molecule has 0 radical (unpaired) electrons. The number of nitrogen functional groups attached to an aromatic ring is 1. The maximum atomic E-state index is 13.4. The summed E-state index contributed by atoms with van der Waals surface area (Å²) in [6.45, 7) is 9.49. The minimum absolute atomic E-state index is 0.0219. The number of pyridine rings is 1. The molecule has 1 unspecified atom stereocenters.